The van der Waals surface area contributed by atoms with E-state index in [0.29, 0.717) is 11.5 Å². The van der Waals surface area contributed by atoms with Crippen LogP contribution in [0.3, 0.4) is 0 Å². The minimum Gasteiger partial charge on any atom is -0.334 e. The smallest absolute Gasteiger partial charge is 0.317 e. The minimum absolute atomic E-state index is 0.0480. The number of rotatable bonds is 1. The Morgan fingerprint density at radius 3 is 2.38 bits per heavy atom. The summed E-state index contributed by atoms with van der Waals surface area (Å²) in [6.07, 6.45) is 3.87. The zero-order valence-corrected chi connectivity index (χ0v) is 11.1. The standard InChI is InChI=1S/C13H24N2O/c1-12(2)9-6-7-13(3,8-9)10(12)14-11(16)15(4)5/h9-10H,6-8H2,1-5H3,(H,14,16). The SMILES string of the molecule is CN(C)C(=O)NC1C2(C)CCC(C2)C1(C)C. The third kappa shape index (κ3) is 1.52. The molecule has 2 amide bonds. The maximum Gasteiger partial charge on any atom is 0.317 e. The molecular formula is C13H24N2O. The number of nitrogens with zero attached hydrogens (tertiary/aromatic N) is 1. The van der Waals surface area contributed by atoms with Gasteiger partial charge in [-0.25, -0.2) is 4.79 Å². The molecular weight excluding hydrogens is 200 g/mol. The molecule has 2 saturated carbocycles. The highest BCUT2D eigenvalue weighted by atomic mass is 16.2. The Hall–Kier alpha value is -0.730. The highest BCUT2D eigenvalue weighted by Crippen LogP contribution is 2.62. The molecule has 0 aliphatic heterocycles. The van der Waals surface area contributed by atoms with Crippen LogP contribution in [-0.2, 0) is 0 Å². The predicted octanol–water partition coefficient (Wildman–Crippen LogP) is 2.47. The molecule has 2 rings (SSSR count). The molecule has 16 heavy (non-hydrogen) atoms. The second-order valence-electron chi connectivity index (χ2n) is 6.69. The first-order valence-corrected chi connectivity index (χ1v) is 6.25. The molecule has 1 N–H and O–H groups in total. The van der Waals surface area contributed by atoms with Crippen molar-refractivity contribution in [1.82, 2.24) is 10.2 Å². The van der Waals surface area contributed by atoms with Crippen LogP contribution in [0.2, 0.25) is 0 Å². The van der Waals surface area contributed by atoms with Gasteiger partial charge in [-0.1, -0.05) is 20.8 Å². The number of carbonyl (C=O) groups is 1. The van der Waals surface area contributed by atoms with Gasteiger partial charge in [0.25, 0.3) is 0 Å². The van der Waals surface area contributed by atoms with Gasteiger partial charge in [0, 0.05) is 20.1 Å². The van der Waals surface area contributed by atoms with Crippen molar-refractivity contribution in [1.29, 1.82) is 0 Å². The molecule has 3 heteroatoms. The molecule has 0 spiro atoms. The third-order valence-corrected chi connectivity index (χ3v) is 4.94. The maximum atomic E-state index is 11.8. The molecule has 2 fully saturated rings. The normalized spacial score (nSPS) is 39.8. The van der Waals surface area contributed by atoms with Crippen molar-refractivity contribution >= 4 is 6.03 Å². The van der Waals surface area contributed by atoms with Crippen molar-refractivity contribution in [2.24, 2.45) is 16.7 Å². The number of nitrogens with one attached hydrogen (secondary N) is 1. The Bertz CT molecular complexity index is 306. The zero-order valence-electron chi connectivity index (χ0n) is 11.1. The van der Waals surface area contributed by atoms with Gasteiger partial charge < -0.3 is 10.2 Å². The summed E-state index contributed by atoms with van der Waals surface area (Å²) in [6, 6.07) is 0.375. The van der Waals surface area contributed by atoms with E-state index in [9.17, 15) is 4.79 Å². The number of hydrogen-bond acceptors (Lipinski definition) is 1. The van der Waals surface area contributed by atoms with Crippen molar-refractivity contribution in [3.05, 3.63) is 0 Å². The van der Waals surface area contributed by atoms with Gasteiger partial charge in [0.05, 0.1) is 0 Å². The van der Waals surface area contributed by atoms with E-state index < -0.39 is 0 Å². The van der Waals surface area contributed by atoms with E-state index in [1.165, 1.54) is 19.3 Å². The number of amides is 2. The summed E-state index contributed by atoms with van der Waals surface area (Å²) in [5, 5.41) is 3.23. The lowest BCUT2D eigenvalue weighted by atomic mass is 9.68. The lowest BCUT2D eigenvalue weighted by Gasteiger charge is -2.43. The molecule has 2 bridgehead atoms. The molecule has 0 heterocycles. The molecule has 0 aromatic heterocycles. The summed E-state index contributed by atoms with van der Waals surface area (Å²) >= 11 is 0. The van der Waals surface area contributed by atoms with E-state index in [1.54, 1.807) is 19.0 Å². The summed E-state index contributed by atoms with van der Waals surface area (Å²) in [6.45, 7) is 6.95. The monoisotopic (exact) mass is 224 g/mol. The Labute approximate surface area is 98.6 Å². The van der Waals surface area contributed by atoms with Crippen molar-refractivity contribution < 1.29 is 4.79 Å². The quantitative estimate of drug-likeness (QED) is 0.729. The van der Waals surface area contributed by atoms with Crippen molar-refractivity contribution in [2.45, 2.75) is 46.1 Å². The lowest BCUT2D eigenvalue weighted by molar-refractivity contribution is 0.109. The van der Waals surface area contributed by atoms with Gasteiger partial charge in [-0.05, 0) is 36.0 Å². The Morgan fingerprint density at radius 1 is 1.31 bits per heavy atom. The first-order chi connectivity index (χ1) is 7.27. The van der Waals surface area contributed by atoms with Gasteiger partial charge in [-0.15, -0.1) is 0 Å². The summed E-state index contributed by atoms with van der Waals surface area (Å²) in [5.41, 5.74) is 0.568. The van der Waals surface area contributed by atoms with Crippen LogP contribution >= 0.6 is 0 Å². The average molecular weight is 224 g/mol. The van der Waals surface area contributed by atoms with Crippen LogP contribution < -0.4 is 5.32 Å². The van der Waals surface area contributed by atoms with Gasteiger partial charge in [-0.2, -0.15) is 0 Å². The minimum atomic E-state index is 0.0480. The van der Waals surface area contributed by atoms with E-state index in [2.05, 4.69) is 26.1 Å². The molecule has 2 aliphatic carbocycles. The van der Waals surface area contributed by atoms with E-state index >= 15 is 0 Å². The van der Waals surface area contributed by atoms with E-state index in [1.807, 2.05) is 0 Å². The maximum absolute atomic E-state index is 11.8. The average Bonchev–Trinajstić information content (AvgIpc) is 2.63. The Balaban J connectivity index is 2.17. The van der Waals surface area contributed by atoms with E-state index in [0.717, 1.165) is 5.92 Å². The molecule has 0 aromatic rings. The van der Waals surface area contributed by atoms with E-state index in [-0.39, 0.29) is 11.4 Å². The van der Waals surface area contributed by atoms with Crippen molar-refractivity contribution in [3.8, 4) is 0 Å². The van der Waals surface area contributed by atoms with E-state index in [4.69, 9.17) is 0 Å². The molecule has 0 saturated heterocycles. The fourth-order valence-corrected chi connectivity index (χ4v) is 3.91. The van der Waals surface area contributed by atoms with Gasteiger partial charge in [0.15, 0.2) is 0 Å². The summed E-state index contributed by atoms with van der Waals surface area (Å²) in [5.74, 6) is 0.782. The first kappa shape index (κ1) is 11.7. The van der Waals surface area contributed by atoms with Gasteiger partial charge >= 0.3 is 6.03 Å². The van der Waals surface area contributed by atoms with Crippen molar-refractivity contribution in [2.75, 3.05) is 14.1 Å². The van der Waals surface area contributed by atoms with Crippen LogP contribution in [0.5, 0.6) is 0 Å². The van der Waals surface area contributed by atoms with Crippen LogP contribution in [-0.4, -0.2) is 31.1 Å². The highest BCUT2D eigenvalue weighted by molar-refractivity contribution is 5.74. The van der Waals surface area contributed by atoms with Crippen LogP contribution in [0.4, 0.5) is 4.79 Å². The second-order valence-corrected chi connectivity index (χ2v) is 6.69. The number of hydrogen-bond donors (Lipinski definition) is 1. The molecule has 2 aliphatic rings. The molecule has 3 atom stereocenters. The Kier molecular flexibility index (Phi) is 2.48. The third-order valence-electron chi connectivity index (χ3n) is 4.94. The summed E-state index contributed by atoms with van der Waals surface area (Å²) in [7, 11) is 3.61. The number of fused-ring (bicyclic) bond motifs is 2. The zero-order chi connectivity index (χ0) is 12.1. The topological polar surface area (TPSA) is 32.3 Å². The van der Waals surface area contributed by atoms with Crippen LogP contribution in [0.1, 0.15) is 40.0 Å². The molecule has 3 unspecified atom stereocenters. The highest BCUT2D eigenvalue weighted by Gasteiger charge is 2.59. The molecule has 0 radical (unpaired) electrons. The molecule has 92 valence electrons. The fraction of sp³-hybridized carbons (Fsp3) is 0.923. The molecule has 0 aromatic carbocycles. The summed E-state index contributed by atoms with van der Waals surface area (Å²) in [4.78, 5) is 13.5. The van der Waals surface area contributed by atoms with Crippen LogP contribution in [0.15, 0.2) is 0 Å². The van der Waals surface area contributed by atoms with Gasteiger partial charge in [-0.3, -0.25) is 0 Å². The van der Waals surface area contributed by atoms with Crippen molar-refractivity contribution in [3.63, 3.8) is 0 Å². The van der Waals surface area contributed by atoms with Crippen LogP contribution in [0, 0.1) is 16.7 Å². The fourth-order valence-electron chi connectivity index (χ4n) is 3.91. The molecule has 3 nitrogen and oxygen atoms in total. The van der Waals surface area contributed by atoms with Crippen LogP contribution in [0.25, 0.3) is 0 Å². The van der Waals surface area contributed by atoms with Gasteiger partial charge in [0.2, 0.25) is 0 Å². The van der Waals surface area contributed by atoms with Gasteiger partial charge in [0.1, 0.15) is 0 Å². The number of carbonyl (C=O) groups excluding carboxylic acids is 1. The predicted molar refractivity (Wildman–Crippen MR) is 65.2 cm³/mol. The first-order valence-electron chi connectivity index (χ1n) is 6.25. The summed E-state index contributed by atoms with van der Waals surface area (Å²) < 4.78 is 0. The second kappa shape index (κ2) is 3.38. The number of urea groups is 1. The lowest BCUT2D eigenvalue weighted by Crippen LogP contribution is -2.54. The Morgan fingerprint density at radius 2 is 1.94 bits per heavy atom. The largest absolute Gasteiger partial charge is 0.334 e.